The minimum absolute atomic E-state index is 0.253. The smallest absolute Gasteiger partial charge is 0.339 e. The Morgan fingerprint density at radius 2 is 2.39 bits per heavy atom. The lowest BCUT2D eigenvalue weighted by molar-refractivity contribution is 0.0697. The zero-order valence-corrected chi connectivity index (χ0v) is 11.2. The lowest BCUT2D eigenvalue weighted by Crippen LogP contribution is -2.29. The maximum absolute atomic E-state index is 11.1. The number of anilines is 1. The molecule has 2 rings (SSSR count). The van der Waals surface area contributed by atoms with Crippen molar-refractivity contribution in [2.75, 3.05) is 11.6 Å². The van der Waals surface area contributed by atoms with Crippen molar-refractivity contribution in [2.45, 2.75) is 37.0 Å². The normalized spacial score (nSPS) is 23.6. The van der Waals surface area contributed by atoms with Crippen LogP contribution in [0, 0.1) is 0 Å². The van der Waals surface area contributed by atoms with Crippen LogP contribution >= 0.6 is 11.8 Å². The molecule has 98 valence electrons. The molecule has 1 aromatic heterocycles. The summed E-state index contributed by atoms with van der Waals surface area (Å²) in [4.78, 5) is 15.0. The third-order valence-electron chi connectivity index (χ3n) is 3.37. The minimum Gasteiger partial charge on any atom is -0.478 e. The fourth-order valence-corrected chi connectivity index (χ4v) is 3.23. The summed E-state index contributed by atoms with van der Waals surface area (Å²) < 4.78 is 0. The van der Waals surface area contributed by atoms with Crippen LogP contribution in [0.25, 0.3) is 0 Å². The number of hydrogen-bond donors (Lipinski definition) is 2. The van der Waals surface area contributed by atoms with Crippen molar-refractivity contribution in [1.82, 2.24) is 4.98 Å². The molecule has 0 saturated heterocycles. The summed E-state index contributed by atoms with van der Waals surface area (Å²) in [5, 5.41) is 13.2. The first-order valence-corrected chi connectivity index (χ1v) is 7.46. The van der Waals surface area contributed by atoms with Crippen LogP contribution in [0.3, 0.4) is 0 Å². The summed E-state index contributed by atoms with van der Waals surface area (Å²) in [6.45, 7) is 0. The first kappa shape index (κ1) is 13.2. The molecular formula is C13H18N2O2S. The van der Waals surface area contributed by atoms with Gasteiger partial charge in [0, 0.05) is 23.7 Å². The molecular weight excluding hydrogens is 248 g/mol. The van der Waals surface area contributed by atoms with Crippen molar-refractivity contribution in [3.8, 4) is 0 Å². The van der Waals surface area contributed by atoms with E-state index < -0.39 is 5.97 Å². The van der Waals surface area contributed by atoms with E-state index >= 15 is 0 Å². The van der Waals surface area contributed by atoms with Gasteiger partial charge in [0.15, 0.2) is 0 Å². The van der Waals surface area contributed by atoms with E-state index in [0.29, 0.717) is 17.0 Å². The van der Waals surface area contributed by atoms with Crippen LogP contribution in [-0.4, -0.2) is 33.6 Å². The molecule has 4 nitrogen and oxygen atoms in total. The number of carboxylic acids is 1. The number of carbonyl (C=O) groups is 1. The second-order valence-electron chi connectivity index (χ2n) is 4.59. The molecule has 1 aromatic rings. The van der Waals surface area contributed by atoms with Gasteiger partial charge in [-0.2, -0.15) is 11.8 Å². The van der Waals surface area contributed by atoms with Crippen molar-refractivity contribution >= 4 is 23.4 Å². The number of nitrogens with one attached hydrogen (secondary N) is 1. The Morgan fingerprint density at radius 1 is 1.56 bits per heavy atom. The molecule has 1 aliphatic carbocycles. The van der Waals surface area contributed by atoms with E-state index in [1.807, 2.05) is 11.8 Å². The van der Waals surface area contributed by atoms with Crippen LogP contribution in [-0.2, 0) is 0 Å². The van der Waals surface area contributed by atoms with Crippen LogP contribution in [0.5, 0.6) is 0 Å². The molecule has 18 heavy (non-hydrogen) atoms. The molecule has 0 amide bonds. The number of thioether (sulfide) groups is 1. The number of hydrogen-bond acceptors (Lipinski definition) is 4. The van der Waals surface area contributed by atoms with Gasteiger partial charge in [-0.05, 0) is 31.6 Å². The van der Waals surface area contributed by atoms with Crippen molar-refractivity contribution < 1.29 is 9.90 Å². The molecule has 0 aromatic carbocycles. The number of carboxylic acid groups (broad SMARTS) is 1. The van der Waals surface area contributed by atoms with Gasteiger partial charge in [0.05, 0.1) is 5.69 Å². The molecule has 2 N–H and O–H groups in total. The third kappa shape index (κ3) is 3.16. The van der Waals surface area contributed by atoms with Gasteiger partial charge in [0.2, 0.25) is 0 Å². The van der Waals surface area contributed by atoms with Gasteiger partial charge in [-0.15, -0.1) is 0 Å². The van der Waals surface area contributed by atoms with E-state index in [0.717, 1.165) is 12.8 Å². The van der Waals surface area contributed by atoms with Gasteiger partial charge in [0.1, 0.15) is 5.56 Å². The molecule has 5 heteroatoms. The van der Waals surface area contributed by atoms with Crippen LogP contribution in [0.15, 0.2) is 18.5 Å². The maximum atomic E-state index is 11.1. The van der Waals surface area contributed by atoms with Crippen molar-refractivity contribution in [2.24, 2.45) is 0 Å². The monoisotopic (exact) mass is 266 g/mol. The Hall–Kier alpha value is -1.23. The van der Waals surface area contributed by atoms with Gasteiger partial charge >= 0.3 is 5.97 Å². The number of rotatable bonds is 4. The summed E-state index contributed by atoms with van der Waals surface area (Å²) in [5.41, 5.74) is 0.938. The standard InChI is InChI=1S/C13H18N2O2S/c1-18-10-4-2-3-9(7-10)15-12-5-6-14-8-11(12)13(16)17/h5-6,8-10H,2-4,7H2,1H3,(H,14,15)(H,16,17). The highest BCUT2D eigenvalue weighted by Crippen LogP contribution is 2.29. The Morgan fingerprint density at radius 3 is 3.11 bits per heavy atom. The van der Waals surface area contributed by atoms with Crippen molar-refractivity contribution in [3.63, 3.8) is 0 Å². The average molecular weight is 266 g/mol. The van der Waals surface area contributed by atoms with Gasteiger partial charge < -0.3 is 10.4 Å². The molecule has 2 atom stereocenters. The van der Waals surface area contributed by atoms with E-state index in [2.05, 4.69) is 16.6 Å². The lowest BCUT2D eigenvalue weighted by atomic mass is 9.94. The van der Waals surface area contributed by atoms with E-state index in [-0.39, 0.29) is 5.56 Å². The van der Waals surface area contributed by atoms with Crippen LogP contribution < -0.4 is 5.32 Å². The predicted octanol–water partition coefficient (Wildman–Crippen LogP) is 2.87. The number of nitrogens with zero attached hydrogens (tertiary/aromatic N) is 1. The molecule has 1 saturated carbocycles. The molecule has 0 radical (unpaired) electrons. The Balaban J connectivity index is 2.07. The first-order valence-electron chi connectivity index (χ1n) is 6.17. The molecule has 0 spiro atoms. The average Bonchev–Trinajstić information content (AvgIpc) is 2.39. The van der Waals surface area contributed by atoms with Crippen molar-refractivity contribution in [3.05, 3.63) is 24.0 Å². The quantitative estimate of drug-likeness (QED) is 0.877. The lowest BCUT2D eigenvalue weighted by Gasteiger charge is -2.29. The molecule has 1 aliphatic rings. The first-order chi connectivity index (χ1) is 8.70. The topological polar surface area (TPSA) is 62.2 Å². The third-order valence-corrected chi connectivity index (χ3v) is 4.47. The highest BCUT2D eigenvalue weighted by molar-refractivity contribution is 7.99. The largest absolute Gasteiger partial charge is 0.478 e. The fourth-order valence-electron chi connectivity index (χ4n) is 2.40. The highest BCUT2D eigenvalue weighted by Gasteiger charge is 2.22. The number of aromatic carboxylic acids is 1. The SMILES string of the molecule is CSC1CCCC(Nc2ccncc2C(=O)O)C1. The summed E-state index contributed by atoms with van der Waals surface area (Å²) >= 11 is 1.90. The van der Waals surface area contributed by atoms with E-state index in [1.54, 1.807) is 12.3 Å². The van der Waals surface area contributed by atoms with Gasteiger partial charge in [-0.1, -0.05) is 6.42 Å². The molecule has 2 unspecified atom stereocenters. The fraction of sp³-hybridized carbons (Fsp3) is 0.538. The number of pyridine rings is 1. The van der Waals surface area contributed by atoms with Gasteiger partial charge in [0.25, 0.3) is 0 Å². The van der Waals surface area contributed by atoms with E-state index in [1.165, 1.54) is 19.0 Å². The highest BCUT2D eigenvalue weighted by atomic mass is 32.2. The predicted molar refractivity (Wildman–Crippen MR) is 74.4 cm³/mol. The van der Waals surface area contributed by atoms with E-state index in [9.17, 15) is 4.79 Å². The Kier molecular flexibility index (Phi) is 4.47. The van der Waals surface area contributed by atoms with Gasteiger partial charge in [-0.25, -0.2) is 4.79 Å². The summed E-state index contributed by atoms with van der Waals surface area (Å²) in [6, 6.07) is 2.11. The second kappa shape index (κ2) is 6.09. The summed E-state index contributed by atoms with van der Waals surface area (Å²) in [6.07, 6.45) is 9.85. The van der Waals surface area contributed by atoms with Crippen LogP contribution in [0.4, 0.5) is 5.69 Å². The van der Waals surface area contributed by atoms with Crippen LogP contribution in [0.2, 0.25) is 0 Å². The van der Waals surface area contributed by atoms with Gasteiger partial charge in [-0.3, -0.25) is 4.98 Å². The Bertz CT molecular complexity index is 425. The Labute approximate surface area is 111 Å². The molecule has 0 aliphatic heterocycles. The molecule has 1 heterocycles. The zero-order valence-electron chi connectivity index (χ0n) is 10.4. The van der Waals surface area contributed by atoms with Crippen molar-refractivity contribution in [1.29, 1.82) is 0 Å². The zero-order chi connectivity index (χ0) is 13.0. The summed E-state index contributed by atoms with van der Waals surface area (Å²) in [5.74, 6) is -0.928. The number of aromatic nitrogens is 1. The molecule has 1 fully saturated rings. The van der Waals surface area contributed by atoms with Crippen LogP contribution in [0.1, 0.15) is 36.0 Å². The molecule has 0 bridgehead atoms. The second-order valence-corrected chi connectivity index (χ2v) is 5.73. The minimum atomic E-state index is -0.928. The maximum Gasteiger partial charge on any atom is 0.339 e. The van der Waals surface area contributed by atoms with E-state index in [4.69, 9.17) is 5.11 Å². The summed E-state index contributed by atoms with van der Waals surface area (Å²) in [7, 11) is 0.